The summed E-state index contributed by atoms with van der Waals surface area (Å²) >= 11 is 0. The molecule has 0 aliphatic carbocycles. The van der Waals surface area contributed by atoms with Gasteiger partial charge in [0.2, 0.25) is 5.91 Å². The van der Waals surface area contributed by atoms with Crippen LogP contribution in [0.5, 0.6) is 5.75 Å². The fourth-order valence-corrected chi connectivity index (χ4v) is 2.05. The van der Waals surface area contributed by atoms with Crippen molar-refractivity contribution in [2.75, 3.05) is 18.1 Å². The molecule has 1 heterocycles. The highest BCUT2D eigenvalue weighted by molar-refractivity contribution is 6.00. The van der Waals surface area contributed by atoms with Crippen LogP contribution in [0.15, 0.2) is 18.2 Å². The Labute approximate surface area is 107 Å². The predicted molar refractivity (Wildman–Crippen MR) is 69.2 cm³/mol. The molecular weight excluding hydrogens is 230 g/mol. The van der Waals surface area contributed by atoms with Crippen molar-refractivity contribution in [3.63, 3.8) is 0 Å². The van der Waals surface area contributed by atoms with E-state index in [0.717, 1.165) is 0 Å². The molecule has 0 saturated heterocycles. The Morgan fingerprint density at radius 3 is 2.72 bits per heavy atom. The van der Waals surface area contributed by atoms with E-state index in [1.165, 1.54) is 0 Å². The average molecular weight is 247 g/mol. The summed E-state index contributed by atoms with van der Waals surface area (Å²) in [7, 11) is 0. The number of amides is 1. The summed E-state index contributed by atoms with van der Waals surface area (Å²) in [4.78, 5) is 25.3. The predicted octanol–water partition coefficient (Wildman–Crippen LogP) is 2.41. The van der Waals surface area contributed by atoms with E-state index in [9.17, 15) is 9.59 Å². The Balaban J connectivity index is 2.41. The number of carbonyl (C=O) groups excluding carboxylic acids is 2. The summed E-state index contributed by atoms with van der Waals surface area (Å²) in [5, 5.41) is 0. The lowest BCUT2D eigenvalue weighted by Gasteiger charge is -2.29. The van der Waals surface area contributed by atoms with E-state index in [1.54, 1.807) is 23.1 Å². The number of ketones is 1. The molecule has 4 nitrogen and oxygen atoms in total. The Morgan fingerprint density at radius 2 is 2.06 bits per heavy atom. The van der Waals surface area contributed by atoms with Gasteiger partial charge in [0.15, 0.2) is 5.78 Å². The number of rotatable bonds is 3. The number of ether oxygens (including phenoxy) is 1. The molecule has 18 heavy (non-hydrogen) atoms. The first-order chi connectivity index (χ1) is 8.67. The molecule has 0 saturated carbocycles. The van der Waals surface area contributed by atoms with Gasteiger partial charge in [-0.3, -0.25) is 9.59 Å². The molecule has 0 N–H and O–H groups in total. The van der Waals surface area contributed by atoms with Crippen molar-refractivity contribution in [1.29, 1.82) is 0 Å². The summed E-state index contributed by atoms with van der Waals surface area (Å²) in [6, 6.07) is 5.28. The van der Waals surface area contributed by atoms with Gasteiger partial charge in [-0.15, -0.1) is 0 Å². The van der Waals surface area contributed by atoms with E-state index in [0.29, 0.717) is 43.0 Å². The molecule has 1 aliphatic rings. The Hall–Kier alpha value is -1.84. The SMILES string of the molecule is CCC(=O)c1ccc2c(c1)N(C(=O)CC)CCO2. The number of hydrogen-bond acceptors (Lipinski definition) is 3. The van der Waals surface area contributed by atoms with Gasteiger partial charge in [0.25, 0.3) is 0 Å². The zero-order chi connectivity index (χ0) is 13.1. The van der Waals surface area contributed by atoms with Gasteiger partial charge in [-0.1, -0.05) is 13.8 Å². The zero-order valence-corrected chi connectivity index (χ0v) is 10.7. The second-order valence-corrected chi connectivity index (χ2v) is 4.21. The maximum atomic E-state index is 11.9. The van der Waals surface area contributed by atoms with Crippen molar-refractivity contribution in [2.24, 2.45) is 0 Å². The van der Waals surface area contributed by atoms with Gasteiger partial charge in [0, 0.05) is 18.4 Å². The summed E-state index contributed by atoms with van der Waals surface area (Å²) in [5.41, 5.74) is 1.35. The maximum absolute atomic E-state index is 11.9. The van der Waals surface area contributed by atoms with Crippen molar-refractivity contribution in [2.45, 2.75) is 26.7 Å². The molecule has 1 aliphatic heterocycles. The van der Waals surface area contributed by atoms with Gasteiger partial charge >= 0.3 is 0 Å². The largest absolute Gasteiger partial charge is 0.490 e. The van der Waals surface area contributed by atoms with Gasteiger partial charge in [-0.05, 0) is 18.2 Å². The molecule has 1 aromatic carbocycles. The number of benzene rings is 1. The Morgan fingerprint density at radius 1 is 1.28 bits per heavy atom. The second kappa shape index (κ2) is 5.21. The monoisotopic (exact) mass is 247 g/mol. The topological polar surface area (TPSA) is 46.6 Å². The standard InChI is InChI=1S/C14H17NO3/c1-3-12(16)10-5-6-13-11(9-10)15(7-8-18-13)14(17)4-2/h5-6,9H,3-4,7-8H2,1-2H3. The van der Waals surface area contributed by atoms with Crippen LogP contribution in [-0.2, 0) is 4.79 Å². The third kappa shape index (κ3) is 2.23. The van der Waals surface area contributed by atoms with Crippen LogP contribution >= 0.6 is 0 Å². The van der Waals surface area contributed by atoms with Crippen molar-refractivity contribution in [1.82, 2.24) is 0 Å². The fourth-order valence-electron chi connectivity index (χ4n) is 2.05. The number of anilines is 1. The lowest BCUT2D eigenvalue weighted by atomic mass is 10.1. The molecule has 0 unspecified atom stereocenters. The van der Waals surface area contributed by atoms with Crippen LogP contribution in [0.4, 0.5) is 5.69 Å². The lowest BCUT2D eigenvalue weighted by Crippen LogP contribution is -2.37. The lowest BCUT2D eigenvalue weighted by molar-refractivity contribution is -0.118. The molecule has 0 aromatic heterocycles. The number of hydrogen-bond donors (Lipinski definition) is 0. The van der Waals surface area contributed by atoms with Gasteiger partial charge < -0.3 is 9.64 Å². The summed E-state index contributed by atoms with van der Waals surface area (Å²) in [5.74, 6) is 0.809. The molecule has 1 amide bonds. The van der Waals surface area contributed by atoms with Crippen molar-refractivity contribution in [3.8, 4) is 5.75 Å². The molecule has 0 fully saturated rings. The van der Waals surface area contributed by atoms with Gasteiger partial charge in [0.05, 0.1) is 12.2 Å². The van der Waals surface area contributed by atoms with E-state index in [-0.39, 0.29) is 11.7 Å². The zero-order valence-electron chi connectivity index (χ0n) is 10.7. The van der Waals surface area contributed by atoms with Crippen LogP contribution in [0.2, 0.25) is 0 Å². The molecule has 96 valence electrons. The van der Waals surface area contributed by atoms with E-state index < -0.39 is 0 Å². The number of fused-ring (bicyclic) bond motifs is 1. The highest BCUT2D eigenvalue weighted by Crippen LogP contribution is 2.33. The molecule has 0 bridgehead atoms. The summed E-state index contributed by atoms with van der Waals surface area (Å²) in [6.45, 7) is 4.70. The average Bonchev–Trinajstić information content (AvgIpc) is 2.44. The van der Waals surface area contributed by atoms with Crippen LogP contribution in [0.1, 0.15) is 37.0 Å². The molecule has 0 spiro atoms. The molecule has 4 heteroatoms. The Kier molecular flexibility index (Phi) is 3.65. The normalized spacial score (nSPS) is 13.8. The summed E-state index contributed by atoms with van der Waals surface area (Å²) < 4.78 is 5.51. The van der Waals surface area contributed by atoms with Crippen LogP contribution in [0, 0.1) is 0 Å². The van der Waals surface area contributed by atoms with Gasteiger partial charge in [-0.2, -0.15) is 0 Å². The van der Waals surface area contributed by atoms with E-state index in [4.69, 9.17) is 4.74 Å². The molecular formula is C14H17NO3. The first kappa shape index (κ1) is 12.6. The van der Waals surface area contributed by atoms with Crippen molar-refractivity contribution < 1.29 is 14.3 Å². The van der Waals surface area contributed by atoms with Gasteiger partial charge in [0.1, 0.15) is 12.4 Å². The van der Waals surface area contributed by atoms with E-state index in [2.05, 4.69) is 0 Å². The first-order valence-corrected chi connectivity index (χ1v) is 6.27. The first-order valence-electron chi connectivity index (χ1n) is 6.27. The van der Waals surface area contributed by atoms with Crippen LogP contribution in [0.25, 0.3) is 0 Å². The molecule has 1 aromatic rings. The smallest absolute Gasteiger partial charge is 0.226 e. The number of carbonyl (C=O) groups is 2. The van der Waals surface area contributed by atoms with Crippen LogP contribution in [-0.4, -0.2) is 24.8 Å². The maximum Gasteiger partial charge on any atom is 0.226 e. The molecule has 0 radical (unpaired) electrons. The summed E-state index contributed by atoms with van der Waals surface area (Å²) in [6.07, 6.45) is 0.909. The van der Waals surface area contributed by atoms with Crippen LogP contribution in [0.3, 0.4) is 0 Å². The van der Waals surface area contributed by atoms with Crippen molar-refractivity contribution >= 4 is 17.4 Å². The number of nitrogens with zero attached hydrogens (tertiary/aromatic N) is 1. The van der Waals surface area contributed by atoms with E-state index in [1.807, 2.05) is 13.8 Å². The minimum atomic E-state index is 0.0562. The van der Waals surface area contributed by atoms with Crippen LogP contribution < -0.4 is 9.64 Å². The molecule has 2 rings (SSSR count). The third-order valence-electron chi connectivity index (χ3n) is 3.07. The molecule has 0 atom stereocenters. The third-order valence-corrected chi connectivity index (χ3v) is 3.07. The number of Topliss-reactive ketones (excluding diaryl/α,β-unsaturated/α-hetero) is 1. The second-order valence-electron chi connectivity index (χ2n) is 4.21. The Bertz CT molecular complexity index is 482. The van der Waals surface area contributed by atoms with Crippen molar-refractivity contribution in [3.05, 3.63) is 23.8 Å². The minimum absolute atomic E-state index is 0.0562. The minimum Gasteiger partial charge on any atom is -0.490 e. The fraction of sp³-hybridized carbons (Fsp3) is 0.429. The quantitative estimate of drug-likeness (QED) is 0.770. The highest BCUT2D eigenvalue weighted by atomic mass is 16.5. The van der Waals surface area contributed by atoms with Gasteiger partial charge in [-0.25, -0.2) is 0 Å². The van der Waals surface area contributed by atoms with E-state index >= 15 is 0 Å². The highest BCUT2D eigenvalue weighted by Gasteiger charge is 2.23.